The lowest BCUT2D eigenvalue weighted by Gasteiger charge is -2.15. The van der Waals surface area contributed by atoms with Crippen molar-refractivity contribution >= 4 is 0 Å². The first-order valence-electron chi connectivity index (χ1n) is 12.0. The molecule has 0 aromatic carbocycles. The van der Waals surface area contributed by atoms with Crippen molar-refractivity contribution in [2.24, 2.45) is 10.8 Å². The van der Waals surface area contributed by atoms with Crippen molar-refractivity contribution in [2.75, 3.05) is 13.7 Å². The summed E-state index contributed by atoms with van der Waals surface area (Å²) in [4.78, 5) is 16.5. The number of methoxy groups -OCH3 is 1. The van der Waals surface area contributed by atoms with Crippen molar-refractivity contribution in [3.63, 3.8) is 0 Å². The molecule has 0 spiro atoms. The van der Waals surface area contributed by atoms with Crippen LogP contribution in [0, 0.1) is 17.8 Å². The van der Waals surface area contributed by atoms with E-state index in [1.807, 2.05) is 13.1 Å². The number of nitrogens with zero attached hydrogens (tertiary/aromatic N) is 4. The average Bonchev–Trinajstić information content (AvgIpc) is 2.68. The van der Waals surface area contributed by atoms with E-state index < -0.39 is 0 Å². The normalized spacial score (nSPS) is 10.7. The number of ether oxygens (including phenoxy) is 1. The van der Waals surface area contributed by atoms with E-state index in [0.717, 1.165) is 23.7 Å². The molecule has 0 saturated heterocycles. The summed E-state index contributed by atoms with van der Waals surface area (Å²) in [5.41, 5.74) is 4.06. The molecule has 5 heteroatoms. The van der Waals surface area contributed by atoms with Crippen LogP contribution in [0.25, 0.3) is 0 Å². The van der Waals surface area contributed by atoms with Crippen LogP contribution in [0.15, 0.2) is 31.0 Å². The van der Waals surface area contributed by atoms with Crippen LogP contribution in [-0.4, -0.2) is 33.7 Å². The van der Waals surface area contributed by atoms with Crippen LogP contribution in [0.4, 0.5) is 0 Å². The van der Waals surface area contributed by atoms with E-state index in [2.05, 4.69) is 103 Å². The van der Waals surface area contributed by atoms with Gasteiger partial charge in [-0.25, -0.2) is 0 Å². The van der Waals surface area contributed by atoms with Crippen molar-refractivity contribution in [2.45, 2.75) is 123 Å². The van der Waals surface area contributed by atoms with E-state index in [1.165, 1.54) is 6.42 Å². The minimum absolute atomic E-state index is 0. The van der Waals surface area contributed by atoms with E-state index in [4.69, 9.17) is 4.74 Å². The zero-order valence-corrected chi connectivity index (χ0v) is 24.1. The van der Waals surface area contributed by atoms with E-state index in [-0.39, 0.29) is 20.3 Å². The Balaban J connectivity index is -0.000000184. The van der Waals surface area contributed by atoms with E-state index in [0.29, 0.717) is 16.7 Å². The molecule has 0 saturated carbocycles. The molecular weight excluding hydrogens is 432 g/mol. The third-order valence-corrected chi connectivity index (χ3v) is 4.36. The lowest BCUT2D eigenvalue weighted by Crippen LogP contribution is -2.13. The first-order valence-corrected chi connectivity index (χ1v) is 12.0. The van der Waals surface area contributed by atoms with Gasteiger partial charge in [-0.1, -0.05) is 104 Å². The largest absolute Gasteiger partial charge is 0.384 e. The Labute approximate surface area is 220 Å². The van der Waals surface area contributed by atoms with E-state index in [1.54, 1.807) is 31.9 Å². The summed E-state index contributed by atoms with van der Waals surface area (Å²) in [6.07, 6.45) is 10.1. The molecule has 0 atom stereocenters. The Kier molecular flexibility index (Phi) is 22.2. The monoisotopic (exact) mass is 492 g/mol. The van der Waals surface area contributed by atoms with Gasteiger partial charge >= 0.3 is 0 Å². The highest BCUT2D eigenvalue weighted by Gasteiger charge is 2.14. The topological polar surface area (TPSA) is 60.8 Å². The molecule has 0 amide bonds. The molecule has 0 radical (unpaired) electrons. The standard InChI is InChI=1S/2C8H12N2.C6H14O.C6H14.2CH4/c1-6(2)8-5-9-7(3)4-10-8;1-8(2,3)7-6-9-4-5-10-7;1-6(2,3)5-7-4;1-5-6(2,3)4;;/h2*4-6H,1-3H3;5H2,1-4H3;5H2,1-4H3;2*1H4. The maximum absolute atomic E-state index is 4.91. The molecule has 0 unspecified atom stereocenters. The first-order chi connectivity index (χ1) is 14.9. The molecule has 0 fully saturated rings. The summed E-state index contributed by atoms with van der Waals surface area (Å²) >= 11 is 0. The molecule has 206 valence electrons. The zero-order chi connectivity index (χ0) is 26.3. The highest BCUT2D eigenvalue weighted by Crippen LogP contribution is 2.17. The van der Waals surface area contributed by atoms with Crippen LogP contribution in [0.3, 0.4) is 0 Å². The molecule has 5 nitrogen and oxygen atoms in total. The van der Waals surface area contributed by atoms with Crippen molar-refractivity contribution < 1.29 is 4.74 Å². The van der Waals surface area contributed by atoms with Crippen LogP contribution >= 0.6 is 0 Å². The molecule has 0 aliphatic rings. The molecule has 35 heavy (non-hydrogen) atoms. The first kappa shape index (κ1) is 40.3. The minimum Gasteiger partial charge on any atom is -0.384 e. The zero-order valence-electron chi connectivity index (χ0n) is 24.1. The summed E-state index contributed by atoms with van der Waals surface area (Å²) < 4.78 is 4.91. The fraction of sp³-hybridized carbons (Fsp3) is 0.733. The van der Waals surface area contributed by atoms with Crippen LogP contribution in [0.1, 0.15) is 127 Å². The Morgan fingerprint density at radius 3 is 1.49 bits per heavy atom. The van der Waals surface area contributed by atoms with Gasteiger partial charge in [0, 0.05) is 43.5 Å². The Morgan fingerprint density at radius 2 is 1.29 bits per heavy atom. The van der Waals surface area contributed by atoms with Gasteiger partial charge in [0.1, 0.15) is 0 Å². The second kappa shape index (κ2) is 19.3. The highest BCUT2D eigenvalue weighted by atomic mass is 16.5. The number of hydrogen-bond donors (Lipinski definition) is 0. The fourth-order valence-corrected chi connectivity index (χ4v) is 1.82. The molecule has 2 heterocycles. The smallest absolute Gasteiger partial charge is 0.0640 e. The summed E-state index contributed by atoms with van der Waals surface area (Å²) in [6.45, 7) is 28.8. The second-order valence-electron chi connectivity index (χ2n) is 12.0. The number of rotatable bonds is 2. The summed E-state index contributed by atoms with van der Waals surface area (Å²) in [5.74, 6) is 0.480. The quantitative estimate of drug-likeness (QED) is 0.418. The van der Waals surface area contributed by atoms with Crippen molar-refractivity contribution in [3.8, 4) is 0 Å². The van der Waals surface area contributed by atoms with Gasteiger partial charge in [-0.05, 0) is 23.7 Å². The summed E-state index contributed by atoms with van der Waals surface area (Å²) in [5, 5.41) is 0. The van der Waals surface area contributed by atoms with Crippen molar-refractivity contribution in [3.05, 3.63) is 48.1 Å². The van der Waals surface area contributed by atoms with Crippen LogP contribution in [0.2, 0.25) is 0 Å². The van der Waals surface area contributed by atoms with Gasteiger partial charge in [-0.15, -0.1) is 0 Å². The van der Waals surface area contributed by atoms with E-state index >= 15 is 0 Å². The van der Waals surface area contributed by atoms with Gasteiger partial charge in [0.15, 0.2) is 0 Å². The van der Waals surface area contributed by atoms with Gasteiger partial charge < -0.3 is 4.74 Å². The third-order valence-electron chi connectivity index (χ3n) is 4.36. The number of hydrogen-bond acceptors (Lipinski definition) is 5. The molecule has 0 aliphatic heterocycles. The predicted octanol–water partition coefficient (Wildman–Crippen LogP) is 9.08. The summed E-state index contributed by atoms with van der Waals surface area (Å²) in [6, 6.07) is 0. The maximum Gasteiger partial charge on any atom is 0.0640 e. The van der Waals surface area contributed by atoms with Gasteiger partial charge in [0.2, 0.25) is 0 Å². The van der Waals surface area contributed by atoms with Gasteiger partial charge in [0.25, 0.3) is 0 Å². The Hall–Kier alpha value is -1.88. The molecule has 2 rings (SSSR count). The molecule has 2 aromatic rings. The molecular formula is C30H60N4O. The average molecular weight is 493 g/mol. The van der Waals surface area contributed by atoms with Crippen molar-refractivity contribution in [1.82, 2.24) is 19.9 Å². The highest BCUT2D eigenvalue weighted by molar-refractivity contribution is 5.07. The lowest BCUT2D eigenvalue weighted by atomic mass is 9.93. The second-order valence-corrected chi connectivity index (χ2v) is 12.0. The SMILES string of the molecule is C.C.CC(C)(C)c1cnccn1.CCC(C)(C)C.COCC(C)(C)C.Cc1cnc(C(C)C)cn1. The Bertz CT molecular complexity index is 707. The van der Waals surface area contributed by atoms with Crippen LogP contribution < -0.4 is 0 Å². The summed E-state index contributed by atoms with van der Waals surface area (Å²) in [7, 11) is 1.73. The number of aryl methyl sites for hydroxylation is 1. The minimum atomic E-state index is 0. The fourth-order valence-electron chi connectivity index (χ4n) is 1.82. The maximum atomic E-state index is 4.91. The van der Waals surface area contributed by atoms with Crippen LogP contribution in [0.5, 0.6) is 0 Å². The predicted molar refractivity (Wildman–Crippen MR) is 156 cm³/mol. The van der Waals surface area contributed by atoms with Gasteiger partial charge in [-0.3, -0.25) is 19.9 Å². The molecule has 0 N–H and O–H groups in total. The van der Waals surface area contributed by atoms with Crippen LogP contribution in [-0.2, 0) is 10.2 Å². The Morgan fingerprint density at radius 1 is 0.771 bits per heavy atom. The van der Waals surface area contributed by atoms with Crippen molar-refractivity contribution in [1.29, 1.82) is 0 Å². The van der Waals surface area contributed by atoms with Gasteiger partial charge in [0.05, 0.1) is 23.7 Å². The molecule has 0 aliphatic carbocycles. The molecule has 2 aromatic heterocycles. The van der Waals surface area contributed by atoms with E-state index in [9.17, 15) is 0 Å². The number of aromatic nitrogens is 4. The molecule has 0 bridgehead atoms. The lowest BCUT2D eigenvalue weighted by molar-refractivity contribution is 0.116. The van der Waals surface area contributed by atoms with Gasteiger partial charge in [-0.2, -0.15) is 0 Å². The third kappa shape index (κ3) is 26.6.